The number of Topliss-reactive ketones (excluding diaryl/α,β-unsaturated/α-hetero) is 2. The first-order valence-corrected chi connectivity index (χ1v) is 8.47. The summed E-state index contributed by atoms with van der Waals surface area (Å²) in [5, 5.41) is 1.87. The zero-order valence-corrected chi connectivity index (χ0v) is 14.8. The van der Waals surface area contributed by atoms with Crippen LogP contribution in [0.2, 0.25) is 0 Å². The van der Waals surface area contributed by atoms with Gasteiger partial charge in [-0.1, -0.05) is 24.3 Å². The van der Waals surface area contributed by atoms with E-state index in [-0.39, 0.29) is 24.0 Å². The normalized spacial score (nSPS) is 12.9. The van der Waals surface area contributed by atoms with Crippen LogP contribution in [0, 0.1) is 13.8 Å². The number of aryl methyl sites for hydroxylation is 1. The second-order valence-electron chi connectivity index (χ2n) is 6.68. The minimum absolute atomic E-state index is 0.0647. The third-order valence-electron chi connectivity index (χ3n) is 5.02. The number of nitrogens with zero attached hydrogens (tertiary/aromatic N) is 1. The van der Waals surface area contributed by atoms with Gasteiger partial charge in [-0.05, 0) is 43.9 Å². The van der Waals surface area contributed by atoms with Crippen LogP contribution in [0.5, 0.6) is 0 Å². The molecule has 2 heterocycles. The van der Waals surface area contributed by atoms with Crippen LogP contribution in [0.15, 0.2) is 36.4 Å². The molecule has 130 valence electrons. The highest BCUT2D eigenvalue weighted by atomic mass is 16.2. The summed E-state index contributed by atoms with van der Waals surface area (Å²) in [4.78, 5) is 42.0. The van der Waals surface area contributed by atoms with Gasteiger partial charge in [-0.25, -0.2) is 0 Å². The maximum absolute atomic E-state index is 12.9. The largest absolute Gasteiger partial charge is 0.355 e. The van der Waals surface area contributed by atoms with Gasteiger partial charge in [-0.15, -0.1) is 0 Å². The summed E-state index contributed by atoms with van der Waals surface area (Å²) in [6.07, 6.45) is 0. The molecule has 5 heteroatoms. The van der Waals surface area contributed by atoms with Crippen LogP contribution >= 0.6 is 0 Å². The molecule has 0 spiro atoms. The molecule has 0 unspecified atom stereocenters. The molecule has 0 bridgehead atoms. The number of nitrogens with one attached hydrogen (secondary N) is 1. The van der Waals surface area contributed by atoms with Crippen molar-refractivity contribution < 1.29 is 14.4 Å². The smallest absolute Gasteiger partial charge is 0.259 e. The minimum atomic E-state index is -0.212. The summed E-state index contributed by atoms with van der Waals surface area (Å²) in [7, 11) is 0. The SMILES string of the molecule is CC(=O)c1c(C)[nH]c(C(=O)CN2C(=O)c3cccc4cccc2c34)c1C. The number of aromatic amines is 1. The molecular formula is C21H18N2O3. The highest BCUT2D eigenvalue weighted by Gasteiger charge is 2.32. The van der Waals surface area contributed by atoms with Crippen LogP contribution < -0.4 is 4.90 Å². The summed E-state index contributed by atoms with van der Waals surface area (Å²) >= 11 is 0. The van der Waals surface area contributed by atoms with E-state index in [9.17, 15) is 14.4 Å². The highest BCUT2D eigenvalue weighted by Crippen LogP contribution is 2.37. The molecule has 0 atom stereocenters. The molecule has 5 nitrogen and oxygen atoms in total. The maximum atomic E-state index is 12.9. The average molecular weight is 346 g/mol. The molecule has 2 aromatic carbocycles. The van der Waals surface area contributed by atoms with Gasteiger partial charge in [0.25, 0.3) is 5.91 Å². The summed E-state index contributed by atoms with van der Waals surface area (Å²) in [5.41, 5.74) is 3.63. The number of hydrogen-bond donors (Lipinski definition) is 1. The Morgan fingerprint density at radius 3 is 2.42 bits per heavy atom. The number of carbonyl (C=O) groups is 3. The van der Waals surface area contributed by atoms with E-state index in [1.54, 1.807) is 19.9 Å². The van der Waals surface area contributed by atoms with Gasteiger partial charge in [0.05, 0.1) is 17.9 Å². The first-order chi connectivity index (χ1) is 12.4. The van der Waals surface area contributed by atoms with Crippen LogP contribution in [0.25, 0.3) is 10.8 Å². The average Bonchev–Trinajstić information content (AvgIpc) is 3.05. The molecular weight excluding hydrogens is 328 g/mol. The molecule has 26 heavy (non-hydrogen) atoms. The Hall–Kier alpha value is -3.21. The van der Waals surface area contributed by atoms with Crippen molar-refractivity contribution >= 4 is 33.9 Å². The lowest BCUT2D eigenvalue weighted by atomic mass is 10.1. The lowest BCUT2D eigenvalue weighted by molar-refractivity contribution is 0.0938. The van der Waals surface area contributed by atoms with E-state index in [0.29, 0.717) is 28.1 Å². The first-order valence-electron chi connectivity index (χ1n) is 8.47. The van der Waals surface area contributed by atoms with Gasteiger partial charge < -0.3 is 4.98 Å². The monoisotopic (exact) mass is 346 g/mol. The topological polar surface area (TPSA) is 70.2 Å². The van der Waals surface area contributed by atoms with Crippen molar-refractivity contribution in [1.82, 2.24) is 4.98 Å². The molecule has 1 amide bonds. The molecule has 0 fully saturated rings. The fourth-order valence-corrected chi connectivity index (χ4v) is 3.92. The van der Waals surface area contributed by atoms with Gasteiger partial charge in [0.2, 0.25) is 0 Å². The Bertz CT molecular complexity index is 1100. The molecule has 0 radical (unpaired) electrons. The van der Waals surface area contributed by atoms with E-state index in [2.05, 4.69) is 4.98 Å². The number of ketones is 2. The van der Waals surface area contributed by atoms with Gasteiger partial charge >= 0.3 is 0 Å². The fourth-order valence-electron chi connectivity index (χ4n) is 3.92. The number of hydrogen-bond acceptors (Lipinski definition) is 3. The standard InChI is InChI=1S/C21H18N2O3/c1-11-18(13(3)24)12(2)22-20(11)17(25)10-23-16-9-5-7-14-6-4-8-15(19(14)16)21(23)26/h4-9,22H,10H2,1-3H3. The Labute approximate surface area is 150 Å². The van der Waals surface area contributed by atoms with Crippen LogP contribution in [0.1, 0.15) is 49.4 Å². The van der Waals surface area contributed by atoms with E-state index in [0.717, 1.165) is 16.5 Å². The molecule has 0 aliphatic carbocycles. The van der Waals surface area contributed by atoms with Crippen molar-refractivity contribution in [2.24, 2.45) is 0 Å². The molecule has 1 aromatic heterocycles. The van der Waals surface area contributed by atoms with Crippen LogP contribution in [-0.4, -0.2) is 29.0 Å². The first kappa shape index (κ1) is 16.3. The molecule has 1 aliphatic heterocycles. The number of aromatic nitrogens is 1. The van der Waals surface area contributed by atoms with Crippen LogP contribution in [0.4, 0.5) is 5.69 Å². The van der Waals surface area contributed by atoms with E-state index >= 15 is 0 Å². The van der Waals surface area contributed by atoms with Gasteiger partial charge in [0.1, 0.15) is 0 Å². The van der Waals surface area contributed by atoms with Gasteiger partial charge in [-0.2, -0.15) is 0 Å². The fraction of sp³-hybridized carbons (Fsp3) is 0.190. The van der Waals surface area contributed by atoms with Gasteiger partial charge in [0, 0.05) is 22.2 Å². The third kappa shape index (κ3) is 2.20. The second kappa shape index (κ2) is 5.66. The Balaban J connectivity index is 1.73. The molecule has 4 rings (SSSR count). The number of rotatable bonds is 4. The second-order valence-corrected chi connectivity index (χ2v) is 6.68. The predicted molar refractivity (Wildman–Crippen MR) is 100 cm³/mol. The quantitative estimate of drug-likeness (QED) is 0.730. The Morgan fingerprint density at radius 1 is 1.08 bits per heavy atom. The van der Waals surface area contributed by atoms with Crippen molar-refractivity contribution in [3.05, 3.63) is 64.5 Å². The minimum Gasteiger partial charge on any atom is -0.355 e. The number of benzene rings is 2. The number of H-pyrrole nitrogens is 1. The van der Waals surface area contributed by atoms with Crippen molar-refractivity contribution in [3.63, 3.8) is 0 Å². The van der Waals surface area contributed by atoms with Crippen molar-refractivity contribution in [1.29, 1.82) is 0 Å². The van der Waals surface area contributed by atoms with Crippen molar-refractivity contribution in [3.8, 4) is 0 Å². The predicted octanol–water partition coefficient (Wildman–Crippen LogP) is 3.83. The summed E-state index contributed by atoms with van der Waals surface area (Å²) < 4.78 is 0. The van der Waals surface area contributed by atoms with Gasteiger partial charge in [0.15, 0.2) is 11.6 Å². The summed E-state index contributed by atoms with van der Waals surface area (Å²) in [6.45, 7) is 4.95. The van der Waals surface area contributed by atoms with Crippen molar-refractivity contribution in [2.45, 2.75) is 20.8 Å². The maximum Gasteiger partial charge on any atom is 0.259 e. The lowest BCUT2D eigenvalue weighted by Gasteiger charge is -2.16. The van der Waals surface area contributed by atoms with E-state index in [4.69, 9.17) is 0 Å². The zero-order chi connectivity index (χ0) is 18.6. The number of anilines is 1. The molecule has 0 saturated heterocycles. The molecule has 1 N–H and O–H groups in total. The Kier molecular flexibility index (Phi) is 3.54. The van der Waals surface area contributed by atoms with E-state index < -0.39 is 0 Å². The van der Waals surface area contributed by atoms with Crippen LogP contribution in [-0.2, 0) is 0 Å². The lowest BCUT2D eigenvalue weighted by Crippen LogP contribution is -2.33. The van der Waals surface area contributed by atoms with Gasteiger partial charge in [-0.3, -0.25) is 19.3 Å². The van der Waals surface area contributed by atoms with Crippen LogP contribution in [0.3, 0.4) is 0 Å². The van der Waals surface area contributed by atoms with E-state index in [1.807, 2.05) is 30.3 Å². The summed E-state index contributed by atoms with van der Waals surface area (Å²) in [5.74, 6) is -0.459. The number of carbonyl (C=O) groups excluding carboxylic acids is 3. The molecule has 1 aliphatic rings. The summed E-state index contributed by atoms with van der Waals surface area (Å²) in [6, 6.07) is 11.3. The number of amides is 1. The Morgan fingerprint density at radius 2 is 1.77 bits per heavy atom. The molecule has 0 saturated carbocycles. The molecule has 3 aromatic rings. The van der Waals surface area contributed by atoms with E-state index in [1.165, 1.54) is 11.8 Å². The van der Waals surface area contributed by atoms with Crippen molar-refractivity contribution in [2.75, 3.05) is 11.4 Å². The third-order valence-corrected chi connectivity index (χ3v) is 5.02. The highest BCUT2D eigenvalue weighted by molar-refractivity contribution is 6.26. The zero-order valence-electron chi connectivity index (χ0n) is 14.8.